The zero-order chi connectivity index (χ0) is 18.1. The normalized spacial score (nSPS) is 18.5. The van der Waals surface area contributed by atoms with Crippen LogP contribution in [0.4, 0.5) is 9.18 Å². The first-order valence-corrected chi connectivity index (χ1v) is 8.62. The number of ether oxygens (including phenoxy) is 1. The van der Waals surface area contributed by atoms with Crippen molar-refractivity contribution in [3.05, 3.63) is 34.1 Å². The van der Waals surface area contributed by atoms with Crippen LogP contribution in [0.25, 0.3) is 0 Å². The quantitative estimate of drug-likeness (QED) is 0.722. The number of halogens is 2. The second-order valence-corrected chi connectivity index (χ2v) is 7.81. The van der Waals surface area contributed by atoms with Crippen LogP contribution in [0.3, 0.4) is 0 Å². The highest BCUT2D eigenvalue weighted by Crippen LogP contribution is 2.20. The Bertz CT molecular complexity index is 645. The third-order valence-electron chi connectivity index (χ3n) is 3.70. The zero-order valence-corrected chi connectivity index (χ0v) is 15.9. The molecule has 0 bridgehead atoms. The molecule has 1 aliphatic rings. The molecule has 7 heteroatoms. The van der Waals surface area contributed by atoms with Crippen molar-refractivity contribution in [1.29, 1.82) is 0 Å². The molecule has 1 atom stereocenters. The highest BCUT2D eigenvalue weighted by Gasteiger charge is 2.33. The molecule has 1 fully saturated rings. The third kappa shape index (κ3) is 4.47. The zero-order valence-electron chi connectivity index (χ0n) is 14.3. The van der Waals surface area contributed by atoms with Crippen LogP contribution in [0.1, 0.15) is 38.1 Å². The van der Waals surface area contributed by atoms with Gasteiger partial charge in [-0.15, -0.1) is 0 Å². The molecular weight excluding hydrogens is 379 g/mol. The third-order valence-corrected chi connectivity index (χ3v) is 4.19. The van der Waals surface area contributed by atoms with Crippen molar-refractivity contribution < 1.29 is 18.7 Å². The number of nitrogens with zero attached hydrogens (tertiary/aromatic N) is 2. The Morgan fingerprint density at radius 1 is 1.29 bits per heavy atom. The molecule has 1 saturated heterocycles. The van der Waals surface area contributed by atoms with E-state index in [1.165, 1.54) is 12.1 Å². The van der Waals surface area contributed by atoms with Crippen LogP contribution in [0.15, 0.2) is 22.7 Å². The monoisotopic (exact) mass is 400 g/mol. The number of hydrogen-bond acceptors (Lipinski definition) is 3. The summed E-state index contributed by atoms with van der Waals surface area (Å²) < 4.78 is 19.9. The Balaban J connectivity index is 2.06. The molecule has 5 nitrogen and oxygen atoms in total. The van der Waals surface area contributed by atoms with Crippen LogP contribution in [0.5, 0.6) is 0 Å². The van der Waals surface area contributed by atoms with Crippen LogP contribution < -0.4 is 0 Å². The number of piperazine rings is 1. The van der Waals surface area contributed by atoms with Gasteiger partial charge in [0.2, 0.25) is 0 Å². The molecule has 0 N–H and O–H groups in total. The maximum absolute atomic E-state index is 13.9. The van der Waals surface area contributed by atoms with Crippen molar-refractivity contribution >= 4 is 27.9 Å². The molecule has 2 amide bonds. The van der Waals surface area contributed by atoms with Crippen molar-refractivity contribution in [3.63, 3.8) is 0 Å². The Labute approximate surface area is 149 Å². The molecular formula is C17H22BrFN2O3. The van der Waals surface area contributed by atoms with Gasteiger partial charge in [-0.1, -0.05) is 15.9 Å². The topological polar surface area (TPSA) is 49.9 Å². The number of amides is 2. The first-order valence-electron chi connectivity index (χ1n) is 7.82. The van der Waals surface area contributed by atoms with E-state index in [-0.39, 0.29) is 17.5 Å². The number of carbonyl (C=O) groups is 2. The van der Waals surface area contributed by atoms with E-state index in [0.717, 1.165) is 0 Å². The highest BCUT2D eigenvalue weighted by molar-refractivity contribution is 9.10. The minimum absolute atomic E-state index is 0.0299. The Hall–Kier alpha value is -1.63. The van der Waals surface area contributed by atoms with Gasteiger partial charge in [-0.05, 0) is 45.9 Å². The van der Waals surface area contributed by atoms with Gasteiger partial charge in [-0.2, -0.15) is 0 Å². The van der Waals surface area contributed by atoms with Crippen LogP contribution >= 0.6 is 15.9 Å². The average molecular weight is 401 g/mol. The first kappa shape index (κ1) is 18.7. The lowest BCUT2D eigenvalue weighted by molar-refractivity contribution is 0.00190. The summed E-state index contributed by atoms with van der Waals surface area (Å²) in [5.74, 6) is -0.921. The average Bonchev–Trinajstić information content (AvgIpc) is 2.47. The lowest BCUT2D eigenvalue weighted by Gasteiger charge is -2.40. The fourth-order valence-electron chi connectivity index (χ4n) is 2.57. The standard InChI is InChI=1S/C17H22BrFN2O3/c1-11-10-20(7-8-21(11)16(23)24-17(2,3)4)15(22)13-9-12(18)5-6-14(13)19/h5-6,9,11H,7-8,10H2,1-4H3/t11-/m1/s1. The molecule has 132 valence electrons. The van der Waals surface area contributed by atoms with E-state index in [4.69, 9.17) is 4.74 Å². The van der Waals surface area contributed by atoms with Crippen molar-refractivity contribution in [1.82, 2.24) is 9.80 Å². The minimum Gasteiger partial charge on any atom is -0.444 e. The van der Waals surface area contributed by atoms with Crippen molar-refractivity contribution in [3.8, 4) is 0 Å². The minimum atomic E-state index is -0.566. The van der Waals surface area contributed by atoms with Gasteiger partial charge in [0.05, 0.1) is 5.56 Å². The van der Waals surface area contributed by atoms with E-state index in [0.29, 0.717) is 24.1 Å². The largest absolute Gasteiger partial charge is 0.444 e. The van der Waals surface area contributed by atoms with Gasteiger partial charge in [-0.25, -0.2) is 9.18 Å². The van der Waals surface area contributed by atoms with Gasteiger partial charge < -0.3 is 14.5 Å². The summed E-state index contributed by atoms with van der Waals surface area (Å²) in [7, 11) is 0. The lowest BCUT2D eigenvalue weighted by atomic mass is 10.1. The smallest absolute Gasteiger partial charge is 0.410 e. The van der Waals surface area contributed by atoms with E-state index < -0.39 is 17.5 Å². The van der Waals surface area contributed by atoms with E-state index in [1.807, 2.05) is 27.7 Å². The van der Waals surface area contributed by atoms with Gasteiger partial charge in [-0.3, -0.25) is 4.79 Å². The van der Waals surface area contributed by atoms with Gasteiger partial charge >= 0.3 is 6.09 Å². The Kier molecular flexibility index (Phi) is 5.52. The summed E-state index contributed by atoms with van der Waals surface area (Å²) in [5.41, 5.74) is -0.536. The number of rotatable bonds is 1. The molecule has 0 spiro atoms. The second-order valence-electron chi connectivity index (χ2n) is 6.90. The maximum atomic E-state index is 13.9. The summed E-state index contributed by atoms with van der Waals surface area (Å²) in [6, 6.07) is 4.09. The fourth-order valence-corrected chi connectivity index (χ4v) is 2.93. The molecule has 24 heavy (non-hydrogen) atoms. The maximum Gasteiger partial charge on any atom is 0.410 e. The van der Waals surface area contributed by atoms with Gasteiger partial charge in [0, 0.05) is 30.1 Å². The molecule has 0 saturated carbocycles. The molecule has 1 aromatic carbocycles. The Morgan fingerprint density at radius 3 is 2.54 bits per heavy atom. The summed E-state index contributed by atoms with van der Waals surface area (Å²) in [4.78, 5) is 27.9. The molecule has 0 unspecified atom stereocenters. The number of carbonyl (C=O) groups excluding carboxylic acids is 2. The molecule has 0 aromatic heterocycles. The SMILES string of the molecule is C[C@@H]1CN(C(=O)c2cc(Br)ccc2F)CCN1C(=O)OC(C)(C)C. The van der Waals surface area contributed by atoms with Crippen molar-refractivity contribution in [2.75, 3.05) is 19.6 Å². The molecule has 1 heterocycles. The van der Waals surface area contributed by atoms with Crippen molar-refractivity contribution in [2.24, 2.45) is 0 Å². The van der Waals surface area contributed by atoms with Gasteiger partial charge in [0.15, 0.2) is 0 Å². The molecule has 1 aliphatic heterocycles. The van der Waals surface area contributed by atoms with Gasteiger partial charge in [0.25, 0.3) is 5.91 Å². The van der Waals surface area contributed by atoms with Gasteiger partial charge in [0.1, 0.15) is 11.4 Å². The van der Waals surface area contributed by atoms with Crippen molar-refractivity contribution in [2.45, 2.75) is 39.3 Å². The number of hydrogen-bond donors (Lipinski definition) is 0. The van der Waals surface area contributed by atoms with E-state index in [1.54, 1.807) is 15.9 Å². The highest BCUT2D eigenvalue weighted by atomic mass is 79.9. The fraction of sp³-hybridized carbons (Fsp3) is 0.529. The summed E-state index contributed by atoms with van der Waals surface area (Å²) in [5, 5.41) is 0. The van der Waals surface area contributed by atoms with Crippen LogP contribution in [0.2, 0.25) is 0 Å². The van der Waals surface area contributed by atoms with E-state index >= 15 is 0 Å². The van der Waals surface area contributed by atoms with E-state index in [2.05, 4.69) is 15.9 Å². The molecule has 1 aromatic rings. The van der Waals surface area contributed by atoms with Crippen LogP contribution in [-0.2, 0) is 4.74 Å². The van der Waals surface area contributed by atoms with Crippen LogP contribution in [-0.4, -0.2) is 53.1 Å². The number of benzene rings is 1. The summed E-state index contributed by atoms with van der Waals surface area (Å²) >= 11 is 3.25. The van der Waals surface area contributed by atoms with Crippen LogP contribution in [0, 0.1) is 5.82 Å². The Morgan fingerprint density at radius 2 is 1.96 bits per heavy atom. The lowest BCUT2D eigenvalue weighted by Crippen LogP contribution is -2.56. The predicted molar refractivity (Wildman–Crippen MR) is 92.4 cm³/mol. The molecule has 2 rings (SSSR count). The molecule has 0 radical (unpaired) electrons. The predicted octanol–water partition coefficient (Wildman–Crippen LogP) is 3.67. The first-order chi connectivity index (χ1) is 11.1. The summed E-state index contributed by atoms with van der Waals surface area (Å²) in [6.45, 7) is 8.32. The second kappa shape index (κ2) is 7.09. The van der Waals surface area contributed by atoms with E-state index in [9.17, 15) is 14.0 Å². The summed E-state index contributed by atoms with van der Waals surface area (Å²) in [6.07, 6.45) is -0.393. The molecule has 0 aliphatic carbocycles.